The van der Waals surface area contributed by atoms with E-state index in [2.05, 4.69) is 11.9 Å². The molecule has 3 nitrogen and oxygen atoms in total. The van der Waals surface area contributed by atoms with E-state index in [0.29, 0.717) is 5.92 Å². The summed E-state index contributed by atoms with van der Waals surface area (Å²) in [4.78, 5) is 17.7. The van der Waals surface area contributed by atoms with Gasteiger partial charge in [-0.2, -0.15) is 0 Å². The Hall–Kier alpha value is -1.38. The lowest BCUT2D eigenvalue weighted by atomic mass is 10.2. The summed E-state index contributed by atoms with van der Waals surface area (Å²) < 4.78 is 0. The molecule has 14 heavy (non-hydrogen) atoms. The van der Waals surface area contributed by atoms with E-state index in [0.717, 1.165) is 25.1 Å². The topological polar surface area (TPSA) is 33.2 Å². The molecular formula is C11H14N2O. The van der Waals surface area contributed by atoms with Gasteiger partial charge in [-0.3, -0.25) is 9.78 Å². The van der Waals surface area contributed by atoms with Gasteiger partial charge in [0.1, 0.15) is 0 Å². The van der Waals surface area contributed by atoms with Gasteiger partial charge < -0.3 is 4.90 Å². The van der Waals surface area contributed by atoms with Crippen molar-refractivity contribution in [2.24, 2.45) is 5.92 Å². The van der Waals surface area contributed by atoms with Crippen molar-refractivity contribution in [3.05, 3.63) is 30.1 Å². The van der Waals surface area contributed by atoms with Gasteiger partial charge in [0.05, 0.1) is 0 Å². The minimum absolute atomic E-state index is 0.136. The summed E-state index contributed by atoms with van der Waals surface area (Å²) in [6.07, 6.45) is 4.44. The molecule has 1 amide bonds. The predicted octanol–water partition coefficient (Wildman–Crippen LogP) is 1.56. The molecule has 0 unspecified atom stereocenters. The summed E-state index contributed by atoms with van der Waals surface area (Å²) in [5.41, 5.74) is 0.745. The van der Waals surface area contributed by atoms with Crippen molar-refractivity contribution in [2.75, 3.05) is 13.1 Å². The molecule has 0 spiro atoms. The Kier molecular flexibility index (Phi) is 2.48. The molecule has 0 N–H and O–H groups in total. The first kappa shape index (κ1) is 9.19. The monoisotopic (exact) mass is 190 g/mol. The third-order valence-corrected chi connectivity index (χ3v) is 2.64. The Morgan fingerprint density at radius 1 is 1.50 bits per heavy atom. The highest BCUT2D eigenvalue weighted by atomic mass is 16.2. The molecule has 1 saturated heterocycles. The van der Waals surface area contributed by atoms with E-state index in [1.807, 2.05) is 4.90 Å². The lowest BCUT2D eigenvalue weighted by Gasteiger charge is -2.15. The molecule has 2 heterocycles. The van der Waals surface area contributed by atoms with Crippen LogP contribution < -0.4 is 0 Å². The fourth-order valence-electron chi connectivity index (χ4n) is 1.80. The van der Waals surface area contributed by atoms with Crippen molar-refractivity contribution in [1.82, 2.24) is 9.88 Å². The quantitative estimate of drug-likeness (QED) is 0.673. The van der Waals surface area contributed by atoms with Crippen LogP contribution in [-0.4, -0.2) is 28.9 Å². The molecule has 0 saturated carbocycles. The van der Waals surface area contributed by atoms with Gasteiger partial charge in [0.15, 0.2) is 0 Å². The van der Waals surface area contributed by atoms with E-state index in [-0.39, 0.29) is 5.91 Å². The second kappa shape index (κ2) is 3.78. The van der Waals surface area contributed by atoms with Gasteiger partial charge in [0, 0.05) is 31.0 Å². The van der Waals surface area contributed by atoms with Crippen molar-refractivity contribution in [3.63, 3.8) is 0 Å². The molecule has 1 aliphatic heterocycles. The molecule has 1 aromatic heterocycles. The van der Waals surface area contributed by atoms with Crippen molar-refractivity contribution in [2.45, 2.75) is 13.3 Å². The summed E-state index contributed by atoms with van der Waals surface area (Å²) >= 11 is 0. The zero-order valence-electron chi connectivity index (χ0n) is 8.31. The summed E-state index contributed by atoms with van der Waals surface area (Å²) in [5.74, 6) is 0.775. The number of hydrogen-bond donors (Lipinski definition) is 0. The highest BCUT2D eigenvalue weighted by molar-refractivity contribution is 5.94. The van der Waals surface area contributed by atoms with E-state index in [4.69, 9.17) is 0 Å². The molecule has 1 fully saturated rings. The first-order valence-corrected chi connectivity index (χ1v) is 4.96. The Morgan fingerprint density at radius 2 is 2.21 bits per heavy atom. The molecule has 3 heteroatoms. The smallest absolute Gasteiger partial charge is 0.253 e. The van der Waals surface area contributed by atoms with E-state index >= 15 is 0 Å². The van der Waals surface area contributed by atoms with E-state index < -0.39 is 0 Å². The van der Waals surface area contributed by atoms with Crippen molar-refractivity contribution in [1.29, 1.82) is 0 Å². The van der Waals surface area contributed by atoms with Gasteiger partial charge in [0.2, 0.25) is 0 Å². The predicted molar refractivity (Wildman–Crippen MR) is 53.9 cm³/mol. The zero-order valence-corrected chi connectivity index (χ0v) is 8.31. The summed E-state index contributed by atoms with van der Waals surface area (Å²) in [7, 11) is 0. The fraction of sp³-hybridized carbons (Fsp3) is 0.455. The molecule has 0 radical (unpaired) electrons. The number of rotatable bonds is 1. The molecule has 2 rings (SSSR count). The van der Waals surface area contributed by atoms with Crippen LogP contribution in [0.1, 0.15) is 23.7 Å². The maximum Gasteiger partial charge on any atom is 0.253 e. The average Bonchev–Trinajstić information content (AvgIpc) is 2.65. The average molecular weight is 190 g/mol. The van der Waals surface area contributed by atoms with Crippen LogP contribution in [-0.2, 0) is 0 Å². The van der Waals surface area contributed by atoms with Gasteiger partial charge >= 0.3 is 0 Å². The zero-order chi connectivity index (χ0) is 9.97. The van der Waals surface area contributed by atoms with Gasteiger partial charge in [-0.25, -0.2) is 0 Å². The Bertz CT molecular complexity index is 323. The van der Waals surface area contributed by atoms with Crippen molar-refractivity contribution < 1.29 is 4.79 Å². The van der Waals surface area contributed by atoms with Gasteiger partial charge in [-0.1, -0.05) is 6.92 Å². The third kappa shape index (κ3) is 1.76. The van der Waals surface area contributed by atoms with E-state index in [1.165, 1.54) is 0 Å². The largest absolute Gasteiger partial charge is 0.338 e. The van der Waals surface area contributed by atoms with Crippen LogP contribution >= 0.6 is 0 Å². The van der Waals surface area contributed by atoms with Crippen LogP contribution in [0, 0.1) is 5.92 Å². The highest BCUT2D eigenvalue weighted by Crippen LogP contribution is 2.17. The molecular weight excluding hydrogens is 176 g/mol. The van der Waals surface area contributed by atoms with Crippen molar-refractivity contribution in [3.8, 4) is 0 Å². The summed E-state index contributed by atoms with van der Waals surface area (Å²) in [6, 6.07) is 3.54. The number of hydrogen-bond acceptors (Lipinski definition) is 2. The number of nitrogens with zero attached hydrogens (tertiary/aromatic N) is 2. The molecule has 1 aromatic rings. The van der Waals surface area contributed by atoms with Crippen molar-refractivity contribution >= 4 is 5.91 Å². The normalized spacial score (nSPS) is 21.2. The number of carbonyl (C=O) groups is 1. The number of aromatic nitrogens is 1. The Morgan fingerprint density at radius 3 is 2.79 bits per heavy atom. The van der Waals surface area contributed by atoms with E-state index in [1.54, 1.807) is 24.5 Å². The number of pyridine rings is 1. The van der Waals surface area contributed by atoms with Crippen LogP contribution in [0.25, 0.3) is 0 Å². The summed E-state index contributed by atoms with van der Waals surface area (Å²) in [6.45, 7) is 3.96. The van der Waals surface area contributed by atoms with E-state index in [9.17, 15) is 4.79 Å². The molecule has 0 bridgehead atoms. The lowest BCUT2D eigenvalue weighted by Crippen LogP contribution is -2.28. The molecule has 0 aliphatic carbocycles. The third-order valence-electron chi connectivity index (χ3n) is 2.64. The maximum atomic E-state index is 11.9. The Balaban J connectivity index is 2.10. The van der Waals surface area contributed by atoms with Crippen LogP contribution in [0.15, 0.2) is 24.5 Å². The minimum atomic E-state index is 0.136. The van der Waals surface area contributed by atoms with Crippen LogP contribution in [0.2, 0.25) is 0 Å². The van der Waals surface area contributed by atoms with Gasteiger partial charge in [0.25, 0.3) is 5.91 Å². The maximum absolute atomic E-state index is 11.9. The SMILES string of the molecule is C[C@H]1CCN(C(=O)c2ccncc2)C1. The number of amides is 1. The second-order valence-corrected chi connectivity index (χ2v) is 3.88. The Labute approximate surface area is 83.8 Å². The van der Waals surface area contributed by atoms with Crippen LogP contribution in [0.4, 0.5) is 0 Å². The molecule has 74 valence electrons. The minimum Gasteiger partial charge on any atom is -0.338 e. The second-order valence-electron chi connectivity index (χ2n) is 3.88. The lowest BCUT2D eigenvalue weighted by molar-refractivity contribution is 0.0788. The first-order valence-electron chi connectivity index (χ1n) is 4.96. The van der Waals surface area contributed by atoms with Gasteiger partial charge in [-0.05, 0) is 24.5 Å². The highest BCUT2D eigenvalue weighted by Gasteiger charge is 2.23. The number of likely N-dealkylation sites (tertiary alicyclic amines) is 1. The fourth-order valence-corrected chi connectivity index (χ4v) is 1.80. The number of carbonyl (C=O) groups excluding carboxylic acids is 1. The molecule has 0 aromatic carbocycles. The standard InChI is InChI=1S/C11H14N2O/c1-9-4-7-13(8-9)11(14)10-2-5-12-6-3-10/h2-3,5-6,9H,4,7-8H2,1H3/t9-/m0/s1. The van der Waals surface area contributed by atoms with Gasteiger partial charge in [-0.15, -0.1) is 0 Å². The van der Waals surface area contributed by atoms with Crippen LogP contribution in [0.5, 0.6) is 0 Å². The summed E-state index contributed by atoms with van der Waals surface area (Å²) in [5, 5.41) is 0. The first-order chi connectivity index (χ1) is 6.77. The molecule has 1 atom stereocenters. The molecule has 1 aliphatic rings. The van der Waals surface area contributed by atoms with Crippen LogP contribution in [0.3, 0.4) is 0 Å².